The summed E-state index contributed by atoms with van der Waals surface area (Å²) in [6.07, 6.45) is -4.67. The number of amides is 1. The molecule has 1 amide bonds. The minimum absolute atomic E-state index is 0.217. The van der Waals surface area contributed by atoms with Crippen LogP contribution in [0.4, 0.5) is 13.2 Å². The highest BCUT2D eigenvalue weighted by atomic mass is 32.1. The summed E-state index contributed by atoms with van der Waals surface area (Å²) in [6, 6.07) is 5.43. The molecule has 0 spiro atoms. The summed E-state index contributed by atoms with van der Waals surface area (Å²) in [7, 11) is 0. The Morgan fingerprint density at radius 1 is 1.26 bits per heavy atom. The van der Waals surface area contributed by atoms with E-state index >= 15 is 0 Å². The molecule has 0 aliphatic rings. The van der Waals surface area contributed by atoms with Crippen molar-refractivity contribution >= 4 is 18.3 Å². The van der Waals surface area contributed by atoms with E-state index in [4.69, 9.17) is 0 Å². The molecule has 0 bridgehead atoms. The highest BCUT2D eigenvalue weighted by molar-refractivity contribution is 7.47. The Morgan fingerprint density at radius 3 is 2.37 bits per heavy atom. The van der Waals surface area contributed by atoms with Crippen LogP contribution in [-0.4, -0.2) is 16.0 Å². The molecule has 2 rings (SSSR count). The van der Waals surface area contributed by atoms with Crippen molar-refractivity contribution in [2.24, 2.45) is 4.36 Å². The van der Waals surface area contributed by atoms with E-state index in [9.17, 15) is 18.0 Å². The van der Waals surface area contributed by atoms with E-state index in [1.54, 1.807) is 0 Å². The number of hydrogen-bond donors (Lipinski definition) is 0. The summed E-state index contributed by atoms with van der Waals surface area (Å²) < 4.78 is 44.4. The maximum Gasteiger partial charge on any atom is 0.455 e. The van der Waals surface area contributed by atoms with Crippen molar-refractivity contribution in [3.05, 3.63) is 35.7 Å². The van der Waals surface area contributed by atoms with Gasteiger partial charge in [0.1, 0.15) is 0 Å². The Bertz CT molecular complexity index is 622. The zero-order chi connectivity index (χ0) is 14.0. The van der Waals surface area contributed by atoms with Gasteiger partial charge in [-0.25, -0.2) is 0 Å². The van der Waals surface area contributed by atoms with Crippen LogP contribution in [0.5, 0.6) is 0 Å². The molecule has 2 aromatic rings. The fraction of sp³-hybridized carbons (Fsp3) is 0.100. The Kier molecular flexibility index (Phi) is 3.38. The molecule has 0 N–H and O–H groups in total. The molecule has 0 saturated heterocycles. The lowest BCUT2D eigenvalue weighted by Gasteiger charge is -1.97. The van der Waals surface area contributed by atoms with Crippen LogP contribution in [0.25, 0.3) is 11.5 Å². The van der Waals surface area contributed by atoms with E-state index in [0.717, 1.165) is 0 Å². The van der Waals surface area contributed by atoms with Crippen molar-refractivity contribution in [3.63, 3.8) is 0 Å². The molecule has 0 radical (unpaired) electrons. The minimum atomic E-state index is -4.67. The van der Waals surface area contributed by atoms with E-state index in [2.05, 4.69) is 31.5 Å². The molecule has 1 aromatic carbocycles. The van der Waals surface area contributed by atoms with Crippen molar-refractivity contribution in [3.8, 4) is 11.5 Å². The smallest absolute Gasteiger partial charge is 0.334 e. The third-order valence-electron chi connectivity index (χ3n) is 2.14. The van der Waals surface area contributed by atoms with Gasteiger partial charge in [-0.3, -0.25) is 4.79 Å². The predicted octanol–water partition coefficient (Wildman–Crippen LogP) is 2.63. The Labute approximate surface area is 109 Å². The van der Waals surface area contributed by atoms with Crippen molar-refractivity contribution in [2.75, 3.05) is 0 Å². The Morgan fingerprint density at radius 2 is 1.89 bits per heavy atom. The first kappa shape index (κ1) is 13.3. The van der Waals surface area contributed by atoms with Crippen LogP contribution in [0, 0.1) is 0 Å². The predicted molar refractivity (Wildman–Crippen MR) is 58.9 cm³/mol. The number of carbonyl (C=O) groups is 1. The summed E-state index contributed by atoms with van der Waals surface area (Å²) in [4.78, 5) is 14.3. The van der Waals surface area contributed by atoms with Gasteiger partial charge in [0.05, 0.1) is 0 Å². The minimum Gasteiger partial charge on any atom is -0.334 e. The molecule has 19 heavy (non-hydrogen) atoms. The summed E-state index contributed by atoms with van der Waals surface area (Å²) in [5, 5.41) is 2.82. The van der Waals surface area contributed by atoms with Crippen molar-refractivity contribution in [1.29, 1.82) is 0 Å². The second kappa shape index (κ2) is 4.84. The highest BCUT2D eigenvalue weighted by Gasteiger charge is 2.37. The molecule has 1 heterocycles. The standard InChI is InChI=1S/C10H4F3N3O2S/c11-10(12,13)9-14-8(18-15-9)6-3-1-5(2-4-6)7(17)16-19/h1-4H. The Balaban J connectivity index is 2.30. The van der Waals surface area contributed by atoms with Crippen LogP contribution >= 0.6 is 0 Å². The molecule has 98 valence electrons. The fourth-order valence-electron chi connectivity index (χ4n) is 1.26. The molecular formula is C10H4F3N3O2S. The zero-order valence-electron chi connectivity index (χ0n) is 9.01. The van der Waals surface area contributed by atoms with Gasteiger partial charge < -0.3 is 4.52 Å². The number of aromatic nitrogens is 2. The van der Waals surface area contributed by atoms with Crippen molar-refractivity contribution < 1.29 is 22.5 Å². The summed E-state index contributed by atoms with van der Waals surface area (Å²) in [6.45, 7) is 0. The average Bonchev–Trinajstić information content (AvgIpc) is 2.87. The van der Waals surface area contributed by atoms with Crippen LogP contribution in [0.1, 0.15) is 16.2 Å². The van der Waals surface area contributed by atoms with Gasteiger partial charge in [-0.1, -0.05) is 5.16 Å². The third-order valence-corrected chi connectivity index (χ3v) is 2.31. The molecule has 0 atom stereocenters. The molecule has 0 saturated carbocycles. The quantitative estimate of drug-likeness (QED) is 0.849. The third kappa shape index (κ3) is 2.81. The topological polar surface area (TPSA) is 68.3 Å². The van der Waals surface area contributed by atoms with Gasteiger partial charge in [0, 0.05) is 23.6 Å². The second-order valence-electron chi connectivity index (χ2n) is 3.39. The monoisotopic (exact) mass is 287 g/mol. The second-order valence-corrected chi connectivity index (χ2v) is 3.58. The van der Waals surface area contributed by atoms with E-state index in [-0.39, 0.29) is 17.0 Å². The normalized spacial score (nSPS) is 11.3. The fourth-order valence-corrected chi connectivity index (χ4v) is 1.37. The van der Waals surface area contributed by atoms with Gasteiger partial charge in [-0.05, 0) is 24.3 Å². The van der Waals surface area contributed by atoms with Crippen molar-refractivity contribution in [2.45, 2.75) is 6.18 Å². The summed E-state index contributed by atoms with van der Waals surface area (Å²) in [5.74, 6) is -2.26. The van der Waals surface area contributed by atoms with Gasteiger partial charge >= 0.3 is 6.18 Å². The van der Waals surface area contributed by atoms with Crippen molar-refractivity contribution in [1.82, 2.24) is 10.1 Å². The van der Waals surface area contributed by atoms with Gasteiger partial charge in [0.15, 0.2) is 0 Å². The van der Waals surface area contributed by atoms with Gasteiger partial charge in [-0.2, -0.15) is 18.2 Å². The zero-order valence-corrected chi connectivity index (χ0v) is 9.83. The molecule has 0 unspecified atom stereocenters. The van der Waals surface area contributed by atoms with E-state index in [1.165, 1.54) is 24.3 Å². The lowest BCUT2D eigenvalue weighted by Crippen LogP contribution is -2.07. The molecule has 0 aliphatic carbocycles. The molecule has 0 aliphatic heterocycles. The number of alkyl halides is 3. The maximum absolute atomic E-state index is 12.3. The lowest BCUT2D eigenvalue weighted by molar-refractivity contribution is -0.146. The van der Waals surface area contributed by atoms with Gasteiger partial charge in [0.25, 0.3) is 17.6 Å². The average molecular weight is 287 g/mol. The number of hydrogen-bond acceptors (Lipinski definition) is 5. The maximum atomic E-state index is 12.3. The molecule has 9 heteroatoms. The van der Waals surface area contributed by atoms with Crippen LogP contribution < -0.4 is 0 Å². The highest BCUT2D eigenvalue weighted by Crippen LogP contribution is 2.28. The summed E-state index contributed by atoms with van der Waals surface area (Å²) >= 11 is 4.24. The Hall–Kier alpha value is -2.16. The number of rotatable bonds is 2. The van der Waals surface area contributed by atoms with Crippen LogP contribution in [0.15, 0.2) is 33.2 Å². The number of nitrogens with zero attached hydrogens (tertiary/aromatic N) is 3. The molecule has 5 nitrogen and oxygen atoms in total. The van der Waals surface area contributed by atoms with Crippen LogP contribution in [0.3, 0.4) is 0 Å². The van der Waals surface area contributed by atoms with Crippen LogP contribution in [-0.2, 0) is 18.6 Å². The first-order valence-corrected chi connectivity index (χ1v) is 5.17. The first-order valence-electron chi connectivity index (χ1n) is 4.81. The largest absolute Gasteiger partial charge is 0.455 e. The summed E-state index contributed by atoms with van der Waals surface area (Å²) in [5.41, 5.74) is 0.471. The van der Waals surface area contributed by atoms with Gasteiger partial charge in [-0.15, -0.1) is 4.36 Å². The molecule has 1 aromatic heterocycles. The lowest BCUT2D eigenvalue weighted by atomic mass is 10.1. The SMILES string of the molecule is O=C(N=S)c1ccc(-c2nc(C(F)(F)F)no2)cc1. The number of halogens is 3. The number of benzene rings is 1. The van der Waals surface area contributed by atoms with Gasteiger partial charge in [0.2, 0.25) is 0 Å². The van der Waals surface area contributed by atoms with Crippen LogP contribution in [0.2, 0.25) is 0 Å². The first-order chi connectivity index (χ1) is 8.91. The van der Waals surface area contributed by atoms with E-state index < -0.39 is 17.9 Å². The molecule has 0 fully saturated rings. The van der Waals surface area contributed by atoms with E-state index in [0.29, 0.717) is 0 Å². The molecular weight excluding hydrogens is 283 g/mol. The van der Waals surface area contributed by atoms with E-state index in [1.807, 2.05) is 0 Å². The number of carbonyl (C=O) groups excluding carboxylic acids is 1.